The minimum absolute atomic E-state index is 0.310. The topological polar surface area (TPSA) is 20.2 Å². The first-order valence-corrected chi connectivity index (χ1v) is 6.10. The van der Waals surface area contributed by atoms with E-state index in [1.165, 1.54) is 4.91 Å². The van der Waals surface area contributed by atoms with Gasteiger partial charge < -0.3 is 5.11 Å². The lowest BCUT2D eigenvalue weighted by atomic mass is 9.94. The number of hydrogen-bond acceptors (Lipinski definition) is 2. The Balaban J connectivity index is 2.25. The van der Waals surface area contributed by atoms with Crippen LogP contribution in [0.4, 0.5) is 0 Å². The fraction of sp³-hybridized carbons (Fsp3) is 0.231. The van der Waals surface area contributed by atoms with Gasteiger partial charge in [-0.05, 0) is 29.6 Å². The van der Waals surface area contributed by atoms with Crippen LogP contribution in [0.15, 0.2) is 58.8 Å². The normalized spacial score (nSPS) is 23.8. The molecule has 0 saturated heterocycles. The van der Waals surface area contributed by atoms with E-state index in [-0.39, 0.29) is 0 Å². The van der Waals surface area contributed by atoms with Crippen molar-refractivity contribution in [1.29, 1.82) is 0 Å². The molecule has 2 aliphatic carbocycles. The van der Waals surface area contributed by atoms with E-state index in [0.29, 0.717) is 11.7 Å². The summed E-state index contributed by atoms with van der Waals surface area (Å²) in [4.78, 5) is 1.31. The summed E-state index contributed by atoms with van der Waals surface area (Å²) < 4.78 is 0. The first-order valence-electron chi connectivity index (χ1n) is 5.11. The molecule has 2 rings (SSSR count). The highest BCUT2D eigenvalue weighted by atomic mass is 32.2. The number of aliphatic hydroxyl groups excluding tert-OH is 1. The Bertz CT molecular complexity index is 397. The van der Waals surface area contributed by atoms with Crippen LogP contribution in [0.5, 0.6) is 0 Å². The van der Waals surface area contributed by atoms with Gasteiger partial charge in [-0.3, -0.25) is 0 Å². The van der Waals surface area contributed by atoms with Gasteiger partial charge in [0.2, 0.25) is 0 Å². The van der Waals surface area contributed by atoms with Crippen molar-refractivity contribution in [1.82, 2.24) is 0 Å². The minimum Gasteiger partial charge on any atom is -0.508 e. The molecule has 1 unspecified atom stereocenters. The minimum atomic E-state index is 0.310. The first-order chi connectivity index (χ1) is 7.29. The Kier molecular flexibility index (Phi) is 3.17. The third-order valence-corrected chi connectivity index (χ3v) is 3.27. The molecule has 0 bridgehead atoms. The van der Waals surface area contributed by atoms with Gasteiger partial charge in [-0.15, -0.1) is 11.8 Å². The van der Waals surface area contributed by atoms with Gasteiger partial charge in [-0.2, -0.15) is 0 Å². The lowest BCUT2D eigenvalue weighted by Gasteiger charge is -2.15. The number of hydrogen-bond donors (Lipinski definition) is 1. The molecule has 2 aliphatic rings. The fourth-order valence-electron chi connectivity index (χ4n) is 1.68. The highest BCUT2D eigenvalue weighted by Gasteiger charge is 2.13. The molecule has 0 heterocycles. The molecule has 0 fully saturated rings. The Morgan fingerprint density at radius 1 is 1.40 bits per heavy atom. The molecule has 0 aromatic rings. The molecule has 1 N–H and O–H groups in total. The van der Waals surface area contributed by atoms with E-state index in [9.17, 15) is 5.11 Å². The SMILES string of the molecule is CCSC1=CC2C=CC=C(O)C=C2C=C1. The van der Waals surface area contributed by atoms with Crippen LogP contribution in [0.25, 0.3) is 0 Å². The second-order valence-corrected chi connectivity index (χ2v) is 4.82. The van der Waals surface area contributed by atoms with Crippen LogP contribution >= 0.6 is 11.8 Å². The van der Waals surface area contributed by atoms with Gasteiger partial charge in [-0.25, -0.2) is 0 Å². The lowest BCUT2D eigenvalue weighted by molar-refractivity contribution is 0.432. The van der Waals surface area contributed by atoms with Crippen molar-refractivity contribution < 1.29 is 5.11 Å². The maximum atomic E-state index is 9.47. The predicted molar refractivity (Wildman–Crippen MR) is 66.8 cm³/mol. The highest BCUT2D eigenvalue weighted by Crippen LogP contribution is 2.30. The number of fused-ring (bicyclic) bond motifs is 1. The zero-order valence-electron chi connectivity index (χ0n) is 8.68. The quantitative estimate of drug-likeness (QED) is 0.761. The first kappa shape index (κ1) is 10.4. The number of thioether (sulfide) groups is 1. The maximum Gasteiger partial charge on any atom is 0.115 e. The maximum absolute atomic E-state index is 9.47. The summed E-state index contributed by atoms with van der Waals surface area (Å²) in [6.45, 7) is 2.15. The van der Waals surface area contributed by atoms with E-state index >= 15 is 0 Å². The molecule has 15 heavy (non-hydrogen) atoms. The Hall–Kier alpha value is -1.15. The van der Waals surface area contributed by atoms with Crippen molar-refractivity contribution in [2.45, 2.75) is 6.92 Å². The van der Waals surface area contributed by atoms with Crippen molar-refractivity contribution >= 4 is 11.8 Å². The molecular formula is C13H14OS. The van der Waals surface area contributed by atoms with E-state index in [2.05, 4.69) is 31.2 Å². The Morgan fingerprint density at radius 3 is 3.07 bits per heavy atom. The average molecular weight is 218 g/mol. The molecule has 0 amide bonds. The summed E-state index contributed by atoms with van der Waals surface area (Å²) in [6.07, 6.45) is 14.0. The standard InChI is InChI=1S/C13H14OS/c1-2-15-13-7-6-11-8-12(14)5-3-4-10(11)9-13/h3-10,14H,2H2,1H3. The van der Waals surface area contributed by atoms with Gasteiger partial charge in [0.15, 0.2) is 0 Å². The molecule has 0 saturated carbocycles. The van der Waals surface area contributed by atoms with Gasteiger partial charge >= 0.3 is 0 Å². The third-order valence-electron chi connectivity index (χ3n) is 2.38. The van der Waals surface area contributed by atoms with Gasteiger partial charge in [0, 0.05) is 10.8 Å². The predicted octanol–water partition coefficient (Wildman–Crippen LogP) is 3.75. The molecule has 1 nitrogen and oxygen atoms in total. The number of aliphatic hydroxyl groups is 1. The van der Waals surface area contributed by atoms with Gasteiger partial charge in [0.1, 0.15) is 5.76 Å². The second-order valence-electron chi connectivity index (χ2n) is 3.48. The monoisotopic (exact) mass is 218 g/mol. The molecule has 1 atom stereocenters. The van der Waals surface area contributed by atoms with E-state index in [1.54, 1.807) is 6.08 Å². The second kappa shape index (κ2) is 4.58. The largest absolute Gasteiger partial charge is 0.508 e. The molecule has 0 aliphatic heterocycles. The molecule has 0 aromatic carbocycles. The average Bonchev–Trinajstić information content (AvgIpc) is 2.39. The number of rotatable bonds is 2. The van der Waals surface area contributed by atoms with Gasteiger partial charge in [0.25, 0.3) is 0 Å². The highest BCUT2D eigenvalue weighted by molar-refractivity contribution is 8.03. The summed E-state index contributed by atoms with van der Waals surface area (Å²) in [5, 5.41) is 9.47. The Labute approximate surface area is 94.6 Å². The molecule has 0 spiro atoms. The Morgan fingerprint density at radius 2 is 2.27 bits per heavy atom. The zero-order chi connectivity index (χ0) is 10.7. The fourth-order valence-corrected chi connectivity index (χ4v) is 2.43. The van der Waals surface area contributed by atoms with Crippen molar-refractivity contribution in [2.75, 3.05) is 5.75 Å². The molecule has 0 radical (unpaired) electrons. The van der Waals surface area contributed by atoms with E-state index in [4.69, 9.17) is 0 Å². The number of allylic oxidation sites excluding steroid dienone is 8. The van der Waals surface area contributed by atoms with Crippen molar-refractivity contribution in [2.24, 2.45) is 5.92 Å². The summed E-state index contributed by atoms with van der Waals surface area (Å²) in [5.41, 5.74) is 1.15. The molecule has 0 aromatic heterocycles. The van der Waals surface area contributed by atoms with Crippen molar-refractivity contribution in [3.8, 4) is 0 Å². The van der Waals surface area contributed by atoms with Crippen LogP contribution in [-0.4, -0.2) is 10.9 Å². The van der Waals surface area contributed by atoms with Crippen LogP contribution in [0.3, 0.4) is 0 Å². The summed E-state index contributed by atoms with van der Waals surface area (Å²) >= 11 is 1.85. The summed E-state index contributed by atoms with van der Waals surface area (Å²) in [7, 11) is 0. The van der Waals surface area contributed by atoms with Crippen LogP contribution in [0.1, 0.15) is 6.92 Å². The van der Waals surface area contributed by atoms with E-state index in [1.807, 2.05) is 23.9 Å². The van der Waals surface area contributed by atoms with Gasteiger partial charge in [0.05, 0.1) is 0 Å². The molecule has 78 valence electrons. The van der Waals surface area contributed by atoms with E-state index in [0.717, 1.165) is 11.3 Å². The lowest BCUT2D eigenvalue weighted by Crippen LogP contribution is -2.00. The zero-order valence-corrected chi connectivity index (χ0v) is 9.50. The van der Waals surface area contributed by atoms with Crippen LogP contribution < -0.4 is 0 Å². The summed E-state index contributed by atoms with van der Waals surface area (Å²) in [6, 6.07) is 0. The summed E-state index contributed by atoms with van der Waals surface area (Å²) in [5.74, 6) is 1.73. The van der Waals surface area contributed by atoms with Crippen molar-refractivity contribution in [3.63, 3.8) is 0 Å². The van der Waals surface area contributed by atoms with Crippen molar-refractivity contribution in [3.05, 3.63) is 58.8 Å². The van der Waals surface area contributed by atoms with Crippen LogP contribution in [-0.2, 0) is 0 Å². The molecule has 2 heteroatoms. The molecular weight excluding hydrogens is 204 g/mol. The van der Waals surface area contributed by atoms with Crippen LogP contribution in [0.2, 0.25) is 0 Å². The van der Waals surface area contributed by atoms with Gasteiger partial charge in [-0.1, -0.05) is 31.2 Å². The third kappa shape index (κ3) is 2.45. The smallest absolute Gasteiger partial charge is 0.115 e. The van der Waals surface area contributed by atoms with Crippen LogP contribution in [0, 0.1) is 5.92 Å². The van der Waals surface area contributed by atoms with E-state index < -0.39 is 0 Å².